The molecule has 6 nitrogen and oxygen atoms in total. The molecule has 1 fully saturated rings. The van der Waals surface area contributed by atoms with E-state index in [1.165, 1.54) is 0 Å². The van der Waals surface area contributed by atoms with Crippen LogP contribution in [0.15, 0.2) is 24.5 Å². The number of hydrogen-bond donors (Lipinski definition) is 0. The lowest BCUT2D eigenvalue weighted by molar-refractivity contribution is -0.139. The van der Waals surface area contributed by atoms with E-state index in [1.54, 1.807) is 19.5 Å². The number of nitrogens with zero attached hydrogens (tertiary/aromatic N) is 4. The zero-order valence-electron chi connectivity index (χ0n) is 11.7. The van der Waals surface area contributed by atoms with Gasteiger partial charge in [-0.2, -0.15) is 5.10 Å². The highest BCUT2D eigenvalue weighted by molar-refractivity contribution is 5.78. The highest BCUT2D eigenvalue weighted by Gasteiger charge is 2.42. The number of hydrogen-bond acceptors (Lipinski definition) is 4. The predicted octanol–water partition coefficient (Wildman–Crippen LogP) is 1.21. The summed E-state index contributed by atoms with van der Waals surface area (Å²) in [6.07, 6.45) is 5.40. The maximum absolute atomic E-state index is 12.3. The molecule has 0 N–H and O–H groups in total. The van der Waals surface area contributed by atoms with Gasteiger partial charge in [0.2, 0.25) is 5.91 Å². The molecular formula is C14H18N4O2. The first-order chi connectivity index (χ1) is 9.66. The van der Waals surface area contributed by atoms with E-state index in [-0.39, 0.29) is 18.1 Å². The molecule has 1 unspecified atom stereocenters. The summed E-state index contributed by atoms with van der Waals surface area (Å²) in [5.74, 6) is 0.0182. The van der Waals surface area contributed by atoms with Crippen LogP contribution in [-0.2, 0) is 15.1 Å². The fraction of sp³-hybridized carbons (Fsp3) is 0.500. The number of likely N-dealkylation sites (tertiary alicyclic amines) is 1. The summed E-state index contributed by atoms with van der Waals surface area (Å²) in [6, 6.07) is 3.81. The zero-order valence-corrected chi connectivity index (χ0v) is 11.7. The van der Waals surface area contributed by atoms with Crippen LogP contribution in [0.25, 0.3) is 5.65 Å². The summed E-state index contributed by atoms with van der Waals surface area (Å²) in [6.45, 7) is 2.96. The Bertz CT molecular complexity index is 639. The van der Waals surface area contributed by atoms with Gasteiger partial charge in [0.25, 0.3) is 0 Å². The largest absolute Gasteiger partial charge is 0.375 e. The summed E-state index contributed by atoms with van der Waals surface area (Å²) in [5.41, 5.74) is 1.44. The molecule has 3 heterocycles. The molecule has 0 radical (unpaired) electrons. The van der Waals surface area contributed by atoms with E-state index < -0.39 is 0 Å². The Morgan fingerprint density at radius 2 is 2.30 bits per heavy atom. The van der Waals surface area contributed by atoms with Gasteiger partial charge in [-0.05, 0) is 25.8 Å². The van der Waals surface area contributed by atoms with Gasteiger partial charge in [-0.25, -0.2) is 9.50 Å². The van der Waals surface area contributed by atoms with Gasteiger partial charge in [0, 0.05) is 25.9 Å². The van der Waals surface area contributed by atoms with E-state index in [1.807, 2.05) is 21.5 Å². The highest BCUT2D eigenvalue weighted by atomic mass is 16.5. The lowest BCUT2D eigenvalue weighted by Gasteiger charge is -2.35. The normalized spacial score (nSPS) is 22.6. The van der Waals surface area contributed by atoms with Crippen molar-refractivity contribution < 1.29 is 9.53 Å². The van der Waals surface area contributed by atoms with Gasteiger partial charge in [0.1, 0.15) is 6.61 Å². The number of ether oxygens (including phenoxy) is 1. The Balaban J connectivity index is 2.06. The van der Waals surface area contributed by atoms with E-state index in [4.69, 9.17) is 4.74 Å². The van der Waals surface area contributed by atoms with Crippen molar-refractivity contribution in [2.24, 2.45) is 0 Å². The molecular weight excluding hydrogens is 256 g/mol. The second-order valence-electron chi connectivity index (χ2n) is 5.29. The molecule has 1 atom stereocenters. The van der Waals surface area contributed by atoms with Crippen LogP contribution in [0.4, 0.5) is 0 Å². The molecule has 1 amide bonds. The van der Waals surface area contributed by atoms with Crippen molar-refractivity contribution in [2.45, 2.75) is 25.3 Å². The van der Waals surface area contributed by atoms with Gasteiger partial charge in [0.15, 0.2) is 5.65 Å². The van der Waals surface area contributed by atoms with E-state index in [9.17, 15) is 4.79 Å². The van der Waals surface area contributed by atoms with Crippen molar-refractivity contribution in [2.75, 3.05) is 20.3 Å². The molecule has 20 heavy (non-hydrogen) atoms. The lowest BCUT2D eigenvalue weighted by Crippen LogP contribution is -2.45. The van der Waals surface area contributed by atoms with Crippen molar-refractivity contribution >= 4 is 11.6 Å². The van der Waals surface area contributed by atoms with Crippen molar-refractivity contribution in [3.8, 4) is 0 Å². The third-order valence-corrected chi connectivity index (χ3v) is 4.05. The van der Waals surface area contributed by atoms with Gasteiger partial charge in [-0.1, -0.05) is 0 Å². The molecule has 3 rings (SSSR count). The monoisotopic (exact) mass is 274 g/mol. The van der Waals surface area contributed by atoms with Crippen LogP contribution >= 0.6 is 0 Å². The maximum atomic E-state index is 12.3. The summed E-state index contributed by atoms with van der Waals surface area (Å²) in [4.78, 5) is 18.4. The van der Waals surface area contributed by atoms with Crippen molar-refractivity contribution in [1.82, 2.24) is 19.5 Å². The van der Waals surface area contributed by atoms with Crippen molar-refractivity contribution in [3.05, 3.63) is 30.2 Å². The molecule has 0 spiro atoms. The predicted molar refractivity (Wildman–Crippen MR) is 73.2 cm³/mol. The number of fused-ring (bicyclic) bond motifs is 1. The maximum Gasteiger partial charge on any atom is 0.249 e. The Hall–Kier alpha value is -1.95. The SMILES string of the molecule is COCC(=O)N1CCCC1(C)c1ccnc2ccnn12. The molecule has 1 aliphatic heterocycles. The second kappa shape index (κ2) is 4.86. The minimum Gasteiger partial charge on any atom is -0.375 e. The Labute approximate surface area is 117 Å². The van der Waals surface area contributed by atoms with Crippen LogP contribution in [0, 0.1) is 0 Å². The fourth-order valence-electron chi connectivity index (χ4n) is 3.07. The molecule has 1 saturated heterocycles. The molecule has 106 valence electrons. The van der Waals surface area contributed by atoms with Crippen LogP contribution in [0.5, 0.6) is 0 Å². The number of carbonyl (C=O) groups is 1. The first-order valence-electron chi connectivity index (χ1n) is 6.75. The summed E-state index contributed by atoms with van der Waals surface area (Å²) >= 11 is 0. The molecule has 0 aliphatic carbocycles. The van der Waals surface area contributed by atoms with Gasteiger partial charge in [0.05, 0.1) is 17.4 Å². The first kappa shape index (κ1) is 13.1. The zero-order chi connectivity index (χ0) is 14.2. The van der Waals surface area contributed by atoms with Gasteiger partial charge >= 0.3 is 0 Å². The first-order valence-corrected chi connectivity index (χ1v) is 6.75. The smallest absolute Gasteiger partial charge is 0.249 e. The molecule has 2 aromatic heterocycles. The topological polar surface area (TPSA) is 59.7 Å². The van der Waals surface area contributed by atoms with Crippen molar-refractivity contribution in [1.29, 1.82) is 0 Å². The number of amides is 1. The van der Waals surface area contributed by atoms with Crippen LogP contribution in [0.1, 0.15) is 25.5 Å². The lowest BCUT2D eigenvalue weighted by atomic mass is 9.94. The quantitative estimate of drug-likeness (QED) is 0.844. The van der Waals surface area contributed by atoms with Crippen LogP contribution < -0.4 is 0 Å². The number of methoxy groups -OCH3 is 1. The minimum absolute atomic E-state index is 0.0182. The molecule has 2 aromatic rings. The van der Waals surface area contributed by atoms with E-state index in [0.29, 0.717) is 0 Å². The average molecular weight is 274 g/mol. The summed E-state index contributed by atoms with van der Waals surface area (Å²) in [7, 11) is 1.55. The third-order valence-electron chi connectivity index (χ3n) is 4.05. The Morgan fingerprint density at radius 1 is 1.45 bits per heavy atom. The number of carbonyl (C=O) groups excluding carboxylic acids is 1. The van der Waals surface area contributed by atoms with E-state index in [2.05, 4.69) is 17.0 Å². The van der Waals surface area contributed by atoms with E-state index in [0.717, 1.165) is 30.7 Å². The molecule has 1 aliphatic rings. The second-order valence-corrected chi connectivity index (χ2v) is 5.29. The molecule has 0 aromatic carbocycles. The van der Waals surface area contributed by atoms with Gasteiger partial charge in [-0.15, -0.1) is 0 Å². The summed E-state index contributed by atoms with van der Waals surface area (Å²) < 4.78 is 6.81. The van der Waals surface area contributed by atoms with Crippen molar-refractivity contribution in [3.63, 3.8) is 0 Å². The Kier molecular flexibility index (Phi) is 3.17. The van der Waals surface area contributed by atoms with Gasteiger partial charge in [-0.3, -0.25) is 4.79 Å². The Morgan fingerprint density at radius 3 is 3.10 bits per heavy atom. The number of rotatable bonds is 3. The highest BCUT2D eigenvalue weighted by Crippen LogP contribution is 2.38. The van der Waals surface area contributed by atoms with Gasteiger partial charge < -0.3 is 9.64 Å². The van der Waals surface area contributed by atoms with Crippen LogP contribution in [0.2, 0.25) is 0 Å². The molecule has 0 bridgehead atoms. The fourth-order valence-corrected chi connectivity index (χ4v) is 3.07. The van der Waals surface area contributed by atoms with Crippen LogP contribution in [-0.4, -0.2) is 45.7 Å². The average Bonchev–Trinajstić information content (AvgIpc) is 3.05. The molecule has 0 saturated carbocycles. The number of aromatic nitrogens is 3. The van der Waals surface area contributed by atoms with E-state index >= 15 is 0 Å². The minimum atomic E-state index is -0.358. The summed E-state index contributed by atoms with van der Waals surface area (Å²) in [5, 5.41) is 4.33. The standard InChI is InChI=1S/C14H18N4O2/c1-14(6-3-9-17(14)13(19)10-20-2)11-4-7-15-12-5-8-16-18(11)12/h4-5,7-8H,3,6,9-10H2,1-2H3. The molecule has 6 heteroatoms. The van der Waals surface area contributed by atoms with Crippen LogP contribution in [0.3, 0.4) is 0 Å². The third kappa shape index (κ3) is 1.87.